The van der Waals surface area contributed by atoms with Gasteiger partial charge in [0.15, 0.2) is 0 Å². The summed E-state index contributed by atoms with van der Waals surface area (Å²) >= 11 is 0. The van der Waals surface area contributed by atoms with Crippen LogP contribution in [0.15, 0.2) is 24.3 Å². The van der Waals surface area contributed by atoms with Crippen molar-refractivity contribution in [2.75, 3.05) is 6.61 Å². The lowest BCUT2D eigenvalue weighted by atomic mass is 10.1. The lowest BCUT2D eigenvalue weighted by molar-refractivity contribution is -0.122. The molecule has 2 rings (SSSR count). The van der Waals surface area contributed by atoms with Crippen molar-refractivity contribution in [2.45, 2.75) is 25.8 Å². The first-order chi connectivity index (χ1) is 8.70. The second kappa shape index (κ2) is 5.70. The van der Waals surface area contributed by atoms with Crippen molar-refractivity contribution < 1.29 is 9.90 Å². The second-order valence-corrected chi connectivity index (χ2v) is 4.59. The predicted octanol–water partition coefficient (Wildman–Crippen LogP) is 1.62. The number of carbonyl (C=O) groups is 1. The Morgan fingerprint density at radius 2 is 2.11 bits per heavy atom. The number of benzene rings is 1. The number of nitrogens with one attached hydrogen (secondary N) is 1. The number of amides is 1. The molecule has 94 valence electrons. The van der Waals surface area contributed by atoms with Crippen molar-refractivity contribution in [1.82, 2.24) is 5.32 Å². The molecule has 1 fully saturated rings. The zero-order valence-corrected chi connectivity index (χ0v) is 10.4. The topological polar surface area (TPSA) is 49.3 Å². The van der Waals surface area contributed by atoms with Gasteiger partial charge in [0.05, 0.1) is 6.04 Å². The summed E-state index contributed by atoms with van der Waals surface area (Å²) in [7, 11) is 0. The fourth-order valence-electron chi connectivity index (χ4n) is 1.76. The van der Waals surface area contributed by atoms with Crippen LogP contribution in [0.25, 0.3) is 0 Å². The van der Waals surface area contributed by atoms with E-state index in [-0.39, 0.29) is 24.5 Å². The molecule has 3 nitrogen and oxygen atoms in total. The first-order valence-corrected chi connectivity index (χ1v) is 6.21. The van der Waals surface area contributed by atoms with Gasteiger partial charge >= 0.3 is 0 Å². The number of carbonyl (C=O) groups excluding carboxylic acids is 1. The van der Waals surface area contributed by atoms with E-state index >= 15 is 0 Å². The number of rotatable bonds is 3. The van der Waals surface area contributed by atoms with Crippen LogP contribution in [-0.2, 0) is 4.79 Å². The van der Waals surface area contributed by atoms with Crippen LogP contribution in [0, 0.1) is 17.8 Å². The predicted molar refractivity (Wildman–Crippen MR) is 69.7 cm³/mol. The number of hydrogen-bond acceptors (Lipinski definition) is 2. The Morgan fingerprint density at radius 1 is 1.44 bits per heavy atom. The van der Waals surface area contributed by atoms with Crippen LogP contribution < -0.4 is 5.32 Å². The summed E-state index contributed by atoms with van der Waals surface area (Å²) in [5.41, 5.74) is 1.94. The van der Waals surface area contributed by atoms with Crippen LogP contribution >= 0.6 is 0 Å². The van der Waals surface area contributed by atoms with Gasteiger partial charge in [-0.15, -0.1) is 0 Å². The Morgan fingerprint density at radius 3 is 2.67 bits per heavy atom. The first kappa shape index (κ1) is 12.7. The van der Waals surface area contributed by atoms with Gasteiger partial charge in [0.1, 0.15) is 6.61 Å². The van der Waals surface area contributed by atoms with Crippen LogP contribution in [0.3, 0.4) is 0 Å². The van der Waals surface area contributed by atoms with Crippen molar-refractivity contribution in [3.63, 3.8) is 0 Å². The molecule has 0 aliphatic heterocycles. The third kappa shape index (κ3) is 3.35. The van der Waals surface area contributed by atoms with Crippen LogP contribution in [0.2, 0.25) is 0 Å². The highest BCUT2D eigenvalue weighted by Crippen LogP contribution is 2.29. The number of aliphatic hydroxyl groups is 1. The molecule has 1 aliphatic rings. The lowest BCUT2D eigenvalue weighted by Gasteiger charge is -2.14. The molecular formula is C15H17NO2. The van der Waals surface area contributed by atoms with Crippen molar-refractivity contribution in [2.24, 2.45) is 5.92 Å². The maximum absolute atomic E-state index is 11.6. The second-order valence-electron chi connectivity index (χ2n) is 4.59. The maximum atomic E-state index is 11.6. The molecule has 1 saturated carbocycles. The summed E-state index contributed by atoms with van der Waals surface area (Å²) < 4.78 is 0. The van der Waals surface area contributed by atoms with Gasteiger partial charge in [-0.25, -0.2) is 0 Å². The molecule has 1 aromatic rings. The summed E-state index contributed by atoms with van der Waals surface area (Å²) in [6, 6.07) is 7.74. The van der Waals surface area contributed by atoms with E-state index in [1.807, 2.05) is 31.2 Å². The molecule has 0 saturated heterocycles. The molecule has 0 bridgehead atoms. The summed E-state index contributed by atoms with van der Waals surface area (Å²) in [6.07, 6.45) is 2.04. The van der Waals surface area contributed by atoms with Gasteiger partial charge in [0, 0.05) is 11.5 Å². The maximum Gasteiger partial charge on any atom is 0.223 e. The Balaban J connectivity index is 1.97. The minimum atomic E-state index is -0.129. The largest absolute Gasteiger partial charge is 0.384 e. The average molecular weight is 243 g/mol. The van der Waals surface area contributed by atoms with E-state index in [0.717, 1.165) is 24.0 Å². The highest BCUT2D eigenvalue weighted by molar-refractivity contribution is 5.81. The molecule has 18 heavy (non-hydrogen) atoms. The molecule has 0 radical (unpaired) electrons. The molecular weight excluding hydrogens is 226 g/mol. The standard InChI is InChI=1S/C15H17NO2/c1-11(16-15(18)14-8-9-14)13-6-4-12(5-7-13)3-2-10-17/h4-7,11,14,17H,8-10H2,1H3,(H,16,18). The van der Waals surface area contributed by atoms with Gasteiger partial charge in [0.2, 0.25) is 5.91 Å². The van der Waals surface area contributed by atoms with Gasteiger partial charge in [-0.05, 0) is 37.5 Å². The molecule has 1 aromatic carbocycles. The van der Waals surface area contributed by atoms with E-state index in [1.54, 1.807) is 0 Å². The van der Waals surface area contributed by atoms with Crippen LogP contribution in [0.5, 0.6) is 0 Å². The summed E-state index contributed by atoms with van der Waals surface area (Å²) in [6.45, 7) is 1.85. The van der Waals surface area contributed by atoms with Crippen molar-refractivity contribution in [3.05, 3.63) is 35.4 Å². The molecule has 1 atom stereocenters. The minimum absolute atomic E-state index is 0.0259. The third-order valence-electron chi connectivity index (χ3n) is 3.03. The molecule has 1 aliphatic carbocycles. The van der Waals surface area contributed by atoms with Crippen molar-refractivity contribution in [1.29, 1.82) is 0 Å². The fraction of sp³-hybridized carbons (Fsp3) is 0.400. The van der Waals surface area contributed by atoms with E-state index in [1.165, 1.54) is 0 Å². The molecule has 1 amide bonds. The summed E-state index contributed by atoms with van der Waals surface area (Å²) in [5, 5.41) is 11.6. The molecule has 0 heterocycles. The minimum Gasteiger partial charge on any atom is -0.384 e. The van der Waals surface area contributed by atoms with Gasteiger partial charge in [-0.2, -0.15) is 0 Å². The Hall–Kier alpha value is -1.79. The molecule has 0 spiro atoms. The normalized spacial score (nSPS) is 15.4. The van der Waals surface area contributed by atoms with E-state index in [4.69, 9.17) is 5.11 Å². The fourth-order valence-corrected chi connectivity index (χ4v) is 1.76. The summed E-state index contributed by atoms with van der Waals surface area (Å²) in [4.78, 5) is 11.6. The Labute approximate surface area is 107 Å². The molecule has 2 N–H and O–H groups in total. The van der Waals surface area contributed by atoms with Gasteiger partial charge in [-0.3, -0.25) is 4.79 Å². The average Bonchev–Trinajstić information content (AvgIpc) is 3.21. The molecule has 3 heteroatoms. The van der Waals surface area contributed by atoms with Gasteiger partial charge in [0.25, 0.3) is 0 Å². The Bertz CT molecular complexity index is 477. The van der Waals surface area contributed by atoms with Crippen LogP contribution in [-0.4, -0.2) is 17.6 Å². The zero-order chi connectivity index (χ0) is 13.0. The van der Waals surface area contributed by atoms with Gasteiger partial charge < -0.3 is 10.4 Å². The lowest BCUT2D eigenvalue weighted by Crippen LogP contribution is -2.27. The highest BCUT2D eigenvalue weighted by atomic mass is 16.2. The third-order valence-corrected chi connectivity index (χ3v) is 3.03. The van der Waals surface area contributed by atoms with Crippen molar-refractivity contribution in [3.8, 4) is 11.8 Å². The van der Waals surface area contributed by atoms with E-state index in [9.17, 15) is 4.79 Å². The zero-order valence-electron chi connectivity index (χ0n) is 10.4. The van der Waals surface area contributed by atoms with Crippen LogP contribution in [0.4, 0.5) is 0 Å². The van der Waals surface area contributed by atoms with E-state index in [0.29, 0.717) is 0 Å². The highest BCUT2D eigenvalue weighted by Gasteiger charge is 2.30. The Kier molecular flexibility index (Phi) is 4.01. The quantitative estimate of drug-likeness (QED) is 0.792. The number of aliphatic hydroxyl groups excluding tert-OH is 1. The monoisotopic (exact) mass is 243 g/mol. The number of hydrogen-bond donors (Lipinski definition) is 2. The van der Waals surface area contributed by atoms with Crippen LogP contribution in [0.1, 0.15) is 36.9 Å². The van der Waals surface area contributed by atoms with Crippen molar-refractivity contribution >= 4 is 5.91 Å². The smallest absolute Gasteiger partial charge is 0.223 e. The summed E-state index contributed by atoms with van der Waals surface area (Å²) in [5.74, 6) is 5.84. The van der Waals surface area contributed by atoms with E-state index in [2.05, 4.69) is 17.2 Å². The van der Waals surface area contributed by atoms with Gasteiger partial charge in [-0.1, -0.05) is 24.0 Å². The molecule has 1 unspecified atom stereocenters. The van der Waals surface area contributed by atoms with E-state index < -0.39 is 0 Å². The first-order valence-electron chi connectivity index (χ1n) is 6.21. The SMILES string of the molecule is CC(NC(=O)C1CC1)c1ccc(C#CCO)cc1. The molecule has 0 aromatic heterocycles.